The van der Waals surface area contributed by atoms with Crippen LogP contribution in [0.25, 0.3) is 0 Å². The number of aryl methyl sites for hydroxylation is 1. The summed E-state index contributed by atoms with van der Waals surface area (Å²) in [5.41, 5.74) is 14.7. The third kappa shape index (κ3) is 2.72. The zero-order valence-electron chi connectivity index (χ0n) is 11.7. The van der Waals surface area contributed by atoms with Gasteiger partial charge in [0.2, 0.25) is 0 Å². The predicted octanol–water partition coefficient (Wildman–Crippen LogP) is 1.82. The number of benzene rings is 1. The van der Waals surface area contributed by atoms with Gasteiger partial charge < -0.3 is 11.5 Å². The number of nitrogens with two attached hydrogens (primary N) is 2. The van der Waals surface area contributed by atoms with Crippen molar-refractivity contribution in [1.29, 1.82) is 0 Å². The van der Waals surface area contributed by atoms with Gasteiger partial charge in [0.05, 0.1) is 5.69 Å². The highest BCUT2D eigenvalue weighted by Crippen LogP contribution is 2.30. The molecule has 0 fully saturated rings. The van der Waals surface area contributed by atoms with E-state index in [0.29, 0.717) is 0 Å². The van der Waals surface area contributed by atoms with E-state index in [9.17, 15) is 4.79 Å². The summed E-state index contributed by atoms with van der Waals surface area (Å²) >= 11 is 0. The molecule has 1 unspecified atom stereocenters. The summed E-state index contributed by atoms with van der Waals surface area (Å²) in [6.45, 7) is 0. The average molecular weight is 282 g/mol. The Morgan fingerprint density at radius 2 is 2.00 bits per heavy atom. The van der Waals surface area contributed by atoms with Gasteiger partial charge in [0.15, 0.2) is 11.5 Å². The first-order chi connectivity index (χ1) is 10.1. The highest BCUT2D eigenvalue weighted by molar-refractivity contribution is 5.94. The number of primary amides is 1. The molecule has 3 rings (SSSR count). The molecule has 0 aliphatic heterocycles. The number of nitrogens with zero attached hydrogens (tertiary/aromatic N) is 2. The van der Waals surface area contributed by atoms with Crippen molar-refractivity contribution in [2.45, 2.75) is 31.6 Å². The molecule has 1 heterocycles. The lowest BCUT2D eigenvalue weighted by Crippen LogP contribution is -2.18. The van der Waals surface area contributed by atoms with Crippen molar-refractivity contribution < 1.29 is 4.79 Å². The Kier molecular flexibility index (Phi) is 3.56. The molecule has 0 radical (unpaired) electrons. The molecule has 0 saturated carbocycles. The van der Waals surface area contributed by atoms with E-state index in [0.717, 1.165) is 31.4 Å². The van der Waals surface area contributed by atoms with Gasteiger partial charge >= 0.3 is 0 Å². The minimum atomic E-state index is -0.641. The summed E-state index contributed by atoms with van der Waals surface area (Å²) in [5.74, 6) is -0.235. The van der Waals surface area contributed by atoms with Crippen molar-refractivity contribution in [2.24, 2.45) is 5.73 Å². The van der Waals surface area contributed by atoms with E-state index < -0.39 is 5.91 Å². The van der Waals surface area contributed by atoms with Gasteiger partial charge in [-0.1, -0.05) is 24.3 Å². The molecule has 0 spiro atoms. The van der Waals surface area contributed by atoms with Crippen molar-refractivity contribution in [3.8, 4) is 0 Å². The molecule has 0 saturated heterocycles. The fourth-order valence-corrected chi connectivity index (χ4v) is 2.96. The van der Waals surface area contributed by atoms with Crippen LogP contribution < -0.4 is 11.5 Å². The Labute approximate surface area is 123 Å². The Morgan fingerprint density at radius 1 is 1.24 bits per heavy atom. The lowest BCUT2D eigenvalue weighted by atomic mass is 9.94. The molecule has 5 nitrogen and oxygen atoms in total. The second-order valence-corrected chi connectivity index (χ2v) is 5.45. The zero-order valence-corrected chi connectivity index (χ0v) is 11.7. The molecule has 1 aromatic heterocycles. The summed E-state index contributed by atoms with van der Waals surface area (Å²) in [4.78, 5) is 19.6. The van der Waals surface area contributed by atoms with Crippen LogP contribution in [0.4, 0.5) is 5.82 Å². The van der Waals surface area contributed by atoms with E-state index in [1.165, 1.54) is 11.1 Å². The summed E-state index contributed by atoms with van der Waals surface area (Å²) in [6, 6.07) is 8.51. The molecular formula is C16H18N4O. The largest absolute Gasteiger partial charge is 0.382 e. The van der Waals surface area contributed by atoms with Gasteiger partial charge in [0.25, 0.3) is 5.91 Å². The number of aromatic nitrogens is 2. The van der Waals surface area contributed by atoms with Gasteiger partial charge in [-0.3, -0.25) is 4.79 Å². The van der Waals surface area contributed by atoms with Crippen LogP contribution in [0.15, 0.2) is 30.5 Å². The highest BCUT2D eigenvalue weighted by Gasteiger charge is 2.21. The molecule has 5 heteroatoms. The highest BCUT2D eigenvalue weighted by atomic mass is 16.1. The summed E-state index contributed by atoms with van der Waals surface area (Å²) < 4.78 is 0. The summed E-state index contributed by atoms with van der Waals surface area (Å²) in [7, 11) is 0. The van der Waals surface area contributed by atoms with Gasteiger partial charge in [-0.05, 0) is 36.8 Å². The van der Waals surface area contributed by atoms with Gasteiger partial charge in [-0.2, -0.15) is 0 Å². The first kappa shape index (κ1) is 13.5. The quantitative estimate of drug-likeness (QED) is 0.821. The van der Waals surface area contributed by atoms with E-state index >= 15 is 0 Å². The van der Waals surface area contributed by atoms with Crippen molar-refractivity contribution in [3.05, 3.63) is 53.0 Å². The molecule has 1 amide bonds. The fourth-order valence-electron chi connectivity index (χ4n) is 2.96. The Bertz CT molecular complexity index is 684. The van der Waals surface area contributed by atoms with Crippen LogP contribution in [-0.4, -0.2) is 15.9 Å². The Morgan fingerprint density at radius 3 is 2.71 bits per heavy atom. The maximum Gasteiger partial charge on any atom is 0.271 e. The Balaban J connectivity index is 1.91. The van der Waals surface area contributed by atoms with Crippen molar-refractivity contribution >= 4 is 11.7 Å². The number of hydrogen-bond donors (Lipinski definition) is 2. The maximum absolute atomic E-state index is 11.2. The third-order valence-corrected chi connectivity index (χ3v) is 4.05. The third-order valence-electron chi connectivity index (χ3n) is 4.05. The monoisotopic (exact) mass is 282 g/mol. The standard InChI is InChI=1S/C16H18N4O/c17-15-14(16(18)21)19-9-13(20-15)12-7-3-6-10-4-1-2-5-11(10)8-12/h1-2,4-5,9,12H,3,6-8H2,(H2,17,20)(H2,18,21). The molecule has 108 valence electrons. The molecular weight excluding hydrogens is 264 g/mol. The Hall–Kier alpha value is -2.43. The molecule has 1 aromatic carbocycles. The number of carbonyl (C=O) groups excluding carboxylic acids is 1. The molecule has 1 aliphatic carbocycles. The number of hydrogen-bond acceptors (Lipinski definition) is 4. The first-order valence-corrected chi connectivity index (χ1v) is 7.14. The molecule has 21 heavy (non-hydrogen) atoms. The van der Waals surface area contributed by atoms with Crippen LogP contribution in [0.5, 0.6) is 0 Å². The van der Waals surface area contributed by atoms with E-state index in [-0.39, 0.29) is 17.4 Å². The second-order valence-electron chi connectivity index (χ2n) is 5.45. The van der Waals surface area contributed by atoms with E-state index in [1.54, 1.807) is 6.20 Å². The van der Waals surface area contributed by atoms with Crippen LogP contribution >= 0.6 is 0 Å². The van der Waals surface area contributed by atoms with Gasteiger partial charge in [0, 0.05) is 12.1 Å². The predicted molar refractivity (Wildman–Crippen MR) is 80.8 cm³/mol. The minimum absolute atomic E-state index is 0.0489. The number of carbonyl (C=O) groups is 1. The van der Waals surface area contributed by atoms with Crippen LogP contribution in [0.2, 0.25) is 0 Å². The molecule has 1 atom stereocenters. The molecule has 0 bridgehead atoms. The molecule has 2 aromatic rings. The number of anilines is 1. The summed E-state index contributed by atoms with van der Waals surface area (Å²) in [6.07, 6.45) is 5.81. The van der Waals surface area contributed by atoms with Crippen LogP contribution in [-0.2, 0) is 12.8 Å². The number of nitrogen functional groups attached to an aromatic ring is 1. The van der Waals surface area contributed by atoms with Crippen molar-refractivity contribution in [2.75, 3.05) is 5.73 Å². The average Bonchev–Trinajstić information content (AvgIpc) is 2.68. The second kappa shape index (κ2) is 5.52. The van der Waals surface area contributed by atoms with Crippen LogP contribution in [0.3, 0.4) is 0 Å². The van der Waals surface area contributed by atoms with E-state index in [2.05, 4.69) is 34.2 Å². The number of rotatable bonds is 2. The normalized spacial score (nSPS) is 17.8. The van der Waals surface area contributed by atoms with Crippen LogP contribution in [0, 0.1) is 0 Å². The van der Waals surface area contributed by atoms with E-state index in [1.807, 2.05) is 0 Å². The van der Waals surface area contributed by atoms with Gasteiger partial charge in [-0.15, -0.1) is 0 Å². The van der Waals surface area contributed by atoms with Crippen molar-refractivity contribution in [3.63, 3.8) is 0 Å². The smallest absolute Gasteiger partial charge is 0.271 e. The molecule has 1 aliphatic rings. The first-order valence-electron chi connectivity index (χ1n) is 7.14. The summed E-state index contributed by atoms with van der Waals surface area (Å²) in [5, 5.41) is 0. The topological polar surface area (TPSA) is 94.9 Å². The number of amides is 1. The lowest BCUT2D eigenvalue weighted by Gasteiger charge is -2.15. The minimum Gasteiger partial charge on any atom is -0.382 e. The van der Waals surface area contributed by atoms with Gasteiger partial charge in [0.1, 0.15) is 0 Å². The SMILES string of the molecule is NC(=O)c1ncc(C2CCCc3ccccc3C2)nc1N. The van der Waals surface area contributed by atoms with E-state index in [4.69, 9.17) is 11.5 Å². The van der Waals surface area contributed by atoms with Crippen LogP contribution in [0.1, 0.15) is 46.1 Å². The number of fused-ring (bicyclic) bond motifs is 1. The van der Waals surface area contributed by atoms with Crippen molar-refractivity contribution in [1.82, 2.24) is 9.97 Å². The fraction of sp³-hybridized carbons (Fsp3) is 0.312. The molecule has 4 N–H and O–H groups in total. The zero-order chi connectivity index (χ0) is 14.8. The lowest BCUT2D eigenvalue weighted by molar-refractivity contribution is 0.0996. The van der Waals surface area contributed by atoms with Gasteiger partial charge in [-0.25, -0.2) is 9.97 Å². The maximum atomic E-state index is 11.2.